The fraction of sp³-hybridized carbons (Fsp3) is 0.519. The minimum Gasteiger partial charge on any atom is -0.353 e. The second-order valence-corrected chi connectivity index (χ2v) is 11.1. The van der Waals surface area contributed by atoms with Crippen LogP contribution in [0.15, 0.2) is 29.0 Å². The van der Waals surface area contributed by atoms with E-state index >= 15 is 0 Å². The van der Waals surface area contributed by atoms with Crippen molar-refractivity contribution in [3.63, 3.8) is 0 Å². The molecule has 2 aromatic heterocycles. The first-order valence-corrected chi connectivity index (χ1v) is 13.9. The molecular weight excluding hydrogens is 480 g/mol. The molecule has 0 unspecified atom stereocenters. The molecule has 1 N–H and O–H groups in total. The van der Waals surface area contributed by atoms with Gasteiger partial charge in [0.2, 0.25) is 5.91 Å². The fourth-order valence-corrected chi connectivity index (χ4v) is 5.49. The molecule has 3 aliphatic rings. The second kappa shape index (κ2) is 11.6. The Balaban J connectivity index is 0.000000356. The lowest BCUT2D eigenvalue weighted by Crippen LogP contribution is -2.50. The first-order valence-electron chi connectivity index (χ1n) is 12.6. The average Bonchev–Trinajstić information content (AvgIpc) is 3.47. The van der Waals surface area contributed by atoms with Crippen molar-refractivity contribution in [1.29, 1.82) is 0 Å². The van der Waals surface area contributed by atoms with Crippen molar-refractivity contribution in [2.75, 3.05) is 19.6 Å². The molecule has 6 nitrogen and oxygen atoms in total. The van der Waals surface area contributed by atoms with Gasteiger partial charge in [0.05, 0.1) is 23.0 Å². The van der Waals surface area contributed by atoms with Crippen molar-refractivity contribution >= 4 is 46.5 Å². The number of rotatable bonds is 5. The molecule has 1 aliphatic heterocycles. The highest BCUT2D eigenvalue weighted by atomic mass is 35.5. The van der Waals surface area contributed by atoms with Crippen molar-refractivity contribution in [1.82, 2.24) is 20.0 Å². The van der Waals surface area contributed by atoms with Gasteiger partial charge in [0, 0.05) is 24.0 Å². The van der Waals surface area contributed by atoms with Gasteiger partial charge in [-0.05, 0) is 49.1 Å². The van der Waals surface area contributed by atoms with E-state index in [4.69, 9.17) is 11.6 Å². The number of thiophene rings is 1. The maximum atomic E-state index is 13.0. The zero-order valence-corrected chi connectivity index (χ0v) is 22.3. The van der Waals surface area contributed by atoms with Gasteiger partial charge in [-0.2, -0.15) is 16.4 Å². The normalized spacial score (nSPS) is 19.1. The average molecular weight is 515 g/mol. The highest BCUT2D eigenvalue weighted by Crippen LogP contribution is 2.38. The van der Waals surface area contributed by atoms with Gasteiger partial charge >= 0.3 is 0 Å². The van der Waals surface area contributed by atoms with E-state index in [1.807, 2.05) is 22.9 Å². The lowest BCUT2D eigenvalue weighted by atomic mass is 9.91. The van der Waals surface area contributed by atoms with Crippen LogP contribution in [0.3, 0.4) is 0 Å². The number of carbonyl (C=O) groups excluding carboxylic acids is 2. The number of amides is 2. The molecule has 1 saturated heterocycles. The maximum absolute atomic E-state index is 13.0. The number of carbonyl (C=O) groups is 2. The van der Waals surface area contributed by atoms with Crippen LogP contribution in [0.4, 0.5) is 0 Å². The Labute approximate surface area is 217 Å². The number of hydrogen-bond acceptors (Lipinski definition) is 4. The zero-order valence-electron chi connectivity index (χ0n) is 20.7. The molecule has 0 atom stereocenters. The van der Waals surface area contributed by atoms with E-state index in [0.717, 1.165) is 11.5 Å². The standard InChI is InChI=1S/C20H21ClN4O2S.C7H14/c1-12(14-3-4-14)9-16-18(21)19(20(27)24-7-6-22-17(26)10-24)23-25(16)13(2)15-5-8-28-11-15;1-7-5-3-2-4-6-7/h5,8-9,11,14H,2-4,6-7,10H2,1H3,(H,22,26);7H,2-6H2,1H3/b12-9+;. The third-order valence-corrected chi connectivity index (χ3v) is 8.03. The van der Waals surface area contributed by atoms with E-state index in [-0.39, 0.29) is 24.1 Å². The summed E-state index contributed by atoms with van der Waals surface area (Å²) in [6.07, 6.45) is 11.8. The number of nitrogens with one attached hydrogen (secondary N) is 1. The summed E-state index contributed by atoms with van der Waals surface area (Å²) in [5, 5.41) is 11.5. The molecule has 188 valence electrons. The fourth-order valence-electron chi connectivity index (χ4n) is 4.57. The van der Waals surface area contributed by atoms with Crippen LogP contribution in [0.2, 0.25) is 5.02 Å². The molecule has 0 radical (unpaired) electrons. The van der Waals surface area contributed by atoms with E-state index in [1.54, 1.807) is 16.0 Å². The molecule has 8 heteroatoms. The Morgan fingerprint density at radius 2 is 2.00 bits per heavy atom. The third-order valence-electron chi connectivity index (χ3n) is 6.98. The molecule has 35 heavy (non-hydrogen) atoms. The minimum atomic E-state index is -0.338. The number of piperazine rings is 1. The summed E-state index contributed by atoms with van der Waals surface area (Å²) >= 11 is 8.21. The predicted molar refractivity (Wildman–Crippen MR) is 144 cm³/mol. The molecule has 0 spiro atoms. The molecule has 3 fully saturated rings. The number of aromatic nitrogens is 2. The molecule has 0 bridgehead atoms. The molecule has 2 saturated carbocycles. The summed E-state index contributed by atoms with van der Waals surface area (Å²) in [7, 11) is 0. The monoisotopic (exact) mass is 514 g/mol. The molecule has 5 rings (SSSR count). The van der Waals surface area contributed by atoms with E-state index in [9.17, 15) is 9.59 Å². The van der Waals surface area contributed by atoms with Crippen molar-refractivity contribution in [2.24, 2.45) is 11.8 Å². The van der Waals surface area contributed by atoms with Crippen LogP contribution in [0, 0.1) is 11.8 Å². The first-order chi connectivity index (χ1) is 16.8. The van der Waals surface area contributed by atoms with Crippen LogP contribution in [0.1, 0.15) is 80.5 Å². The summed E-state index contributed by atoms with van der Waals surface area (Å²) in [6.45, 7) is 9.48. The highest BCUT2D eigenvalue weighted by Gasteiger charge is 2.30. The van der Waals surface area contributed by atoms with Crippen LogP contribution in [-0.4, -0.2) is 46.1 Å². The van der Waals surface area contributed by atoms with Gasteiger partial charge in [-0.3, -0.25) is 9.59 Å². The van der Waals surface area contributed by atoms with Gasteiger partial charge in [-0.25, -0.2) is 4.68 Å². The van der Waals surface area contributed by atoms with E-state index < -0.39 is 0 Å². The van der Waals surface area contributed by atoms with Crippen molar-refractivity contribution in [3.8, 4) is 0 Å². The SMILES string of the molecule is C=C(c1ccsc1)n1nc(C(=O)N2CCNC(=O)C2)c(Cl)c1/C=C(\C)C1CC1.CC1CCCCC1. The molecule has 3 heterocycles. The van der Waals surface area contributed by atoms with Gasteiger partial charge in [0.1, 0.15) is 0 Å². The highest BCUT2D eigenvalue weighted by molar-refractivity contribution is 7.08. The van der Waals surface area contributed by atoms with Crippen molar-refractivity contribution in [3.05, 3.63) is 51.0 Å². The quantitative estimate of drug-likeness (QED) is 0.525. The van der Waals surface area contributed by atoms with Gasteiger partial charge in [0.15, 0.2) is 5.69 Å². The Morgan fingerprint density at radius 1 is 1.26 bits per heavy atom. The Hall–Kier alpha value is -2.38. The van der Waals surface area contributed by atoms with E-state index in [1.165, 1.54) is 55.4 Å². The zero-order chi connectivity index (χ0) is 24.9. The van der Waals surface area contributed by atoms with Crippen LogP contribution in [-0.2, 0) is 4.79 Å². The maximum Gasteiger partial charge on any atom is 0.276 e. The van der Waals surface area contributed by atoms with Gasteiger partial charge in [-0.15, -0.1) is 0 Å². The molecule has 0 aromatic carbocycles. The van der Waals surface area contributed by atoms with Crippen LogP contribution >= 0.6 is 22.9 Å². The number of halogens is 1. The number of nitrogens with zero attached hydrogens (tertiary/aromatic N) is 3. The van der Waals surface area contributed by atoms with Gasteiger partial charge in [-0.1, -0.05) is 62.8 Å². The summed E-state index contributed by atoms with van der Waals surface area (Å²) in [5.41, 5.74) is 3.62. The predicted octanol–water partition coefficient (Wildman–Crippen LogP) is 6.09. The van der Waals surface area contributed by atoms with Crippen LogP contribution < -0.4 is 5.32 Å². The largest absolute Gasteiger partial charge is 0.353 e. The van der Waals surface area contributed by atoms with Crippen molar-refractivity contribution in [2.45, 2.75) is 58.8 Å². The smallest absolute Gasteiger partial charge is 0.276 e. The topological polar surface area (TPSA) is 67.2 Å². The molecule has 2 amide bonds. The van der Waals surface area contributed by atoms with Gasteiger partial charge in [0.25, 0.3) is 5.91 Å². The lowest BCUT2D eigenvalue weighted by Gasteiger charge is -2.25. The summed E-state index contributed by atoms with van der Waals surface area (Å²) < 4.78 is 1.65. The Kier molecular flexibility index (Phi) is 8.50. The van der Waals surface area contributed by atoms with Gasteiger partial charge < -0.3 is 10.2 Å². The van der Waals surface area contributed by atoms with Crippen LogP contribution in [0.25, 0.3) is 11.8 Å². The first kappa shape index (κ1) is 25.7. The Morgan fingerprint density at radius 3 is 2.57 bits per heavy atom. The lowest BCUT2D eigenvalue weighted by molar-refractivity contribution is -0.123. The third kappa shape index (κ3) is 6.44. The van der Waals surface area contributed by atoms with Crippen molar-refractivity contribution < 1.29 is 9.59 Å². The van der Waals surface area contributed by atoms with E-state index in [0.29, 0.717) is 35.4 Å². The number of hydrogen-bond donors (Lipinski definition) is 1. The van der Waals surface area contributed by atoms with E-state index in [2.05, 4.69) is 30.8 Å². The summed E-state index contributed by atoms with van der Waals surface area (Å²) in [4.78, 5) is 26.2. The summed E-state index contributed by atoms with van der Waals surface area (Å²) in [6, 6.07) is 1.96. The Bertz CT molecular complexity index is 1090. The summed E-state index contributed by atoms with van der Waals surface area (Å²) in [5.74, 6) is 1.09. The molecule has 2 aliphatic carbocycles. The molecule has 2 aromatic rings. The minimum absolute atomic E-state index is 0.0137. The second-order valence-electron chi connectivity index (χ2n) is 9.90. The van der Waals surface area contributed by atoms with Crippen LogP contribution in [0.5, 0.6) is 0 Å². The molecular formula is C27H35ClN4O2S. The number of allylic oxidation sites excluding steroid dienone is 1.